The van der Waals surface area contributed by atoms with E-state index in [9.17, 15) is 9.59 Å². The first-order valence-corrected chi connectivity index (χ1v) is 9.12. The Kier molecular flexibility index (Phi) is 7.67. The van der Waals surface area contributed by atoms with E-state index in [4.69, 9.17) is 4.74 Å². The molecule has 2 rings (SSSR count). The SMILES string of the molecule is CCC(=O)Nc1cccc(NCC(=O)Nc2cccc(OCC(C)C)c2)c1. The van der Waals surface area contributed by atoms with E-state index in [-0.39, 0.29) is 18.4 Å². The quantitative estimate of drug-likeness (QED) is 0.621. The van der Waals surface area contributed by atoms with Gasteiger partial charge in [-0.2, -0.15) is 0 Å². The van der Waals surface area contributed by atoms with Crippen molar-refractivity contribution < 1.29 is 14.3 Å². The molecule has 144 valence electrons. The molecule has 0 aliphatic carbocycles. The molecule has 0 spiro atoms. The summed E-state index contributed by atoms with van der Waals surface area (Å²) in [5.74, 6) is 0.947. The third kappa shape index (κ3) is 7.40. The normalized spacial score (nSPS) is 10.4. The molecule has 0 aromatic heterocycles. The molecular weight excluding hydrogens is 342 g/mol. The second-order valence-electron chi connectivity index (χ2n) is 6.62. The first kappa shape index (κ1) is 20.3. The van der Waals surface area contributed by atoms with Crippen molar-refractivity contribution in [3.05, 3.63) is 48.5 Å². The molecule has 0 heterocycles. The average Bonchev–Trinajstić information content (AvgIpc) is 2.65. The molecule has 0 radical (unpaired) electrons. The van der Waals surface area contributed by atoms with Gasteiger partial charge < -0.3 is 20.7 Å². The fourth-order valence-electron chi connectivity index (χ4n) is 2.27. The largest absolute Gasteiger partial charge is 0.493 e. The van der Waals surface area contributed by atoms with Gasteiger partial charge in [-0.1, -0.05) is 32.9 Å². The van der Waals surface area contributed by atoms with Crippen LogP contribution in [0.15, 0.2) is 48.5 Å². The first-order valence-electron chi connectivity index (χ1n) is 9.12. The average molecular weight is 369 g/mol. The van der Waals surface area contributed by atoms with Gasteiger partial charge in [0.15, 0.2) is 0 Å². The zero-order chi connectivity index (χ0) is 19.6. The number of hydrogen-bond acceptors (Lipinski definition) is 4. The number of benzene rings is 2. The third-order valence-electron chi connectivity index (χ3n) is 3.62. The van der Waals surface area contributed by atoms with Crippen LogP contribution in [0.4, 0.5) is 17.1 Å². The first-order chi connectivity index (χ1) is 13.0. The molecule has 3 N–H and O–H groups in total. The number of carbonyl (C=O) groups excluding carboxylic acids is 2. The van der Waals surface area contributed by atoms with Crippen molar-refractivity contribution in [1.82, 2.24) is 0 Å². The van der Waals surface area contributed by atoms with Crippen LogP contribution in [0.3, 0.4) is 0 Å². The molecule has 0 aliphatic rings. The van der Waals surface area contributed by atoms with Crippen LogP contribution < -0.4 is 20.7 Å². The van der Waals surface area contributed by atoms with E-state index in [1.807, 2.05) is 36.4 Å². The third-order valence-corrected chi connectivity index (χ3v) is 3.62. The van der Waals surface area contributed by atoms with Gasteiger partial charge in [-0.3, -0.25) is 9.59 Å². The zero-order valence-electron chi connectivity index (χ0n) is 16.0. The van der Waals surface area contributed by atoms with Crippen LogP contribution in [0, 0.1) is 5.92 Å². The molecule has 0 fully saturated rings. The van der Waals surface area contributed by atoms with E-state index in [0.29, 0.717) is 30.3 Å². The summed E-state index contributed by atoms with van der Waals surface area (Å²) in [4.78, 5) is 23.7. The Morgan fingerprint density at radius 1 is 0.926 bits per heavy atom. The van der Waals surface area contributed by atoms with E-state index >= 15 is 0 Å². The molecule has 2 amide bonds. The minimum Gasteiger partial charge on any atom is -0.493 e. The van der Waals surface area contributed by atoms with Crippen molar-refractivity contribution in [2.75, 3.05) is 29.1 Å². The van der Waals surface area contributed by atoms with Crippen LogP contribution in [-0.2, 0) is 9.59 Å². The summed E-state index contributed by atoms with van der Waals surface area (Å²) in [6, 6.07) is 14.6. The smallest absolute Gasteiger partial charge is 0.243 e. The summed E-state index contributed by atoms with van der Waals surface area (Å²) in [6.07, 6.45) is 0.417. The van der Waals surface area contributed by atoms with E-state index < -0.39 is 0 Å². The van der Waals surface area contributed by atoms with Gasteiger partial charge >= 0.3 is 0 Å². The number of amides is 2. The Morgan fingerprint density at radius 3 is 2.26 bits per heavy atom. The lowest BCUT2D eigenvalue weighted by Crippen LogP contribution is -2.21. The van der Waals surface area contributed by atoms with Gasteiger partial charge in [0, 0.05) is 29.5 Å². The van der Waals surface area contributed by atoms with E-state index in [0.717, 1.165) is 11.4 Å². The number of ether oxygens (including phenoxy) is 1. The van der Waals surface area contributed by atoms with Crippen LogP contribution in [0.2, 0.25) is 0 Å². The Bertz CT molecular complexity index is 775. The van der Waals surface area contributed by atoms with Crippen molar-refractivity contribution in [2.45, 2.75) is 27.2 Å². The monoisotopic (exact) mass is 369 g/mol. The fourth-order valence-corrected chi connectivity index (χ4v) is 2.27. The number of nitrogens with one attached hydrogen (secondary N) is 3. The Balaban J connectivity index is 1.86. The number of carbonyl (C=O) groups is 2. The zero-order valence-corrected chi connectivity index (χ0v) is 16.0. The molecule has 6 nitrogen and oxygen atoms in total. The van der Waals surface area contributed by atoms with E-state index in [1.165, 1.54) is 0 Å². The lowest BCUT2D eigenvalue weighted by molar-refractivity contribution is -0.116. The molecule has 0 bridgehead atoms. The molecule has 2 aromatic carbocycles. The molecule has 0 aliphatic heterocycles. The summed E-state index contributed by atoms with van der Waals surface area (Å²) in [7, 11) is 0. The van der Waals surface area contributed by atoms with Gasteiger partial charge in [0.2, 0.25) is 11.8 Å². The van der Waals surface area contributed by atoms with E-state index in [2.05, 4.69) is 29.8 Å². The standard InChI is InChI=1S/C21H27N3O3/c1-4-20(25)23-17-8-5-7-16(11-17)22-13-21(26)24-18-9-6-10-19(12-18)27-14-15(2)3/h5-12,15,22H,4,13-14H2,1-3H3,(H,23,25)(H,24,26). The Hall–Kier alpha value is -3.02. The van der Waals surface area contributed by atoms with Crippen LogP contribution in [0.5, 0.6) is 5.75 Å². The second-order valence-corrected chi connectivity index (χ2v) is 6.62. The van der Waals surface area contributed by atoms with Crippen molar-refractivity contribution in [1.29, 1.82) is 0 Å². The van der Waals surface area contributed by atoms with Crippen molar-refractivity contribution in [3.63, 3.8) is 0 Å². The summed E-state index contributed by atoms with van der Waals surface area (Å²) in [5, 5.41) is 8.69. The lowest BCUT2D eigenvalue weighted by atomic mass is 10.2. The van der Waals surface area contributed by atoms with Gasteiger partial charge in [-0.15, -0.1) is 0 Å². The highest BCUT2D eigenvalue weighted by Crippen LogP contribution is 2.18. The van der Waals surface area contributed by atoms with Crippen LogP contribution in [-0.4, -0.2) is 25.0 Å². The molecule has 0 atom stereocenters. The van der Waals surface area contributed by atoms with Crippen molar-refractivity contribution in [3.8, 4) is 5.75 Å². The highest BCUT2D eigenvalue weighted by molar-refractivity contribution is 5.94. The molecule has 0 saturated heterocycles. The second kappa shape index (κ2) is 10.2. The molecule has 27 heavy (non-hydrogen) atoms. The highest BCUT2D eigenvalue weighted by atomic mass is 16.5. The number of anilines is 3. The predicted octanol–water partition coefficient (Wildman–Crippen LogP) is 4.12. The molecule has 0 saturated carbocycles. The molecule has 2 aromatic rings. The van der Waals surface area contributed by atoms with Gasteiger partial charge in [0.05, 0.1) is 13.2 Å². The summed E-state index contributed by atoms with van der Waals surface area (Å²) in [5.41, 5.74) is 2.14. The van der Waals surface area contributed by atoms with E-state index in [1.54, 1.807) is 19.1 Å². The predicted molar refractivity (Wildman–Crippen MR) is 109 cm³/mol. The number of hydrogen-bond donors (Lipinski definition) is 3. The van der Waals surface area contributed by atoms with Crippen molar-refractivity contribution >= 4 is 28.9 Å². The fraction of sp³-hybridized carbons (Fsp3) is 0.333. The summed E-state index contributed by atoms with van der Waals surface area (Å²) in [6.45, 7) is 6.71. The van der Waals surface area contributed by atoms with Crippen molar-refractivity contribution in [2.24, 2.45) is 5.92 Å². The minimum atomic E-state index is -0.168. The Labute approximate surface area is 160 Å². The van der Waals surface area contributed by atoms with Gasteiger partial charge in [-0.05, 0) is 36.2 Å². The minimum absolute atomic E-state index is 0.0514. The van der Waals surface area contributed by atoms with Gasteiger partial charge in [0.1, 0.15) is 5.75 Å². The van der Waals surface area contributed by atoms with Gasteiger partial charge in [-0.25, -0.2) is 0 Å². The molecule has 6 heteroatoms. The highest BCUT2D eigenvalue weighted by Gasteiger charge is 2.05. The lowest BCUT2D eigenvalue weighted by Gasteiger charge is -2.12. The molecule has 0 unspecified atom stereocenters. The molecular formula is C21H27N3O3. The van der Waals surface area contributed by atoms with Crippen LogP contribution >= 0.6 is 0 Å². The Morgan fingerprint density at radius 2 is 1.56 bits per heavy atom. The topological polar surface area (TPSA) is 79.5 Å². The maximum absolute atomic E-state index is 12.2. The van der Waals surface area contributed by atoms with Crippen LogP contribution in [0.25, 0.3) is 0 Å². The summed E-state index contributed by atoms with van der Waals surface area (Å²) < 4.78 is 5.67. The number of rotatable bonds is 9. The maximum Gasteiger partial charge on any atom is 0.243 e. The maximum atomic E-state index is 12.2. The summed E-state index contributed by atoms with van der Waals surface area (Å²) >= 11 is 0. The van der Waals surface area contributed by atoms with Crippen LogP contribution in [0.1, 0.15) is 27.2 Å². The van der Waals surface area contributed by atoms with Gasteiger partial charge in [0.25, 0.3) is 0 Å².